The molecule has 0 atom stereocenters. The van der Waals surface area contributed by atoms with Crippen LogP contribution in [0.4, 0.5) is 0 Å². The molecule has 4 nitrogen and oxygen atoms in total. The maximum atomic E-state index is 9.49. The summed E-state index contributed by atoms with van der Waals surface area (Å²) in [6.45, 7) is 0. The number of pyridine rings is 1. The Morgan fingerprint density at radius 1 is 0.957 bits per heavy atom. The number of benzene rings is 2. The maximum absolute atomic E-state index is 9.49. The van der Waals surface area contributed by atoms with Gasteiger partial charge in [-0.2, -0.15) is 5.10 Å². The molecule has 4 heteroatoms. The first-order chi connectivity index (χ1) is 11.2. The summed E-state index contributed by atoms with van der Waals surface area (Å²) in [7, 11) is 1.94. The van der Waals surface area contributed by atoms with Crippen molar-refractivity contribution in [3.63, 3.8) is 0 Å². The molecule has 2 aromatic carbocycles. The Labute approximate surface area is 133 Å². The van der Waals surface area contributed by atoms with E-state index < -0.39 is 0 Å². The molecule has 4 rings (SSSR count). The van der Waals surface area contributed by atoms with E-state index in [0.717, 1.165) is 33.1 Å². The lowest BCUT2D eigenvalue weighted by Gasteiger charge is -2.00. The van der Waals surface area contributed by atoms with Crippen LogP contribution in [-0.2, 0) is 7.05 Å². The number of nitrogens with zero attached hydrogens (tertiary/aromatic N) is 3. The fourth-order valence-corrected chi connectivity index (χ4v) is 2.69. The molecule has 2 heterocycles. The number of hydrogen-bond acceptors (Lipinski definition) is 3. The Morgan fingerprint density at radius 3 is 2.78 bits per heavy atom. The van der Waals surface area contributed by atoms with E-state index in [1.807, 2.05) is 48.3 Å². The average Bonchev–Trinajstić information content (AvgIpc) is 2.93. The number of aromatic nitrogens is 3. The SMILES string of the molecule is Cn1ncc2cc(/C=C/c3ccc4cc(O)ccc4n3)ccc21. The van der Waals surface area contributed by atoms with Crippen LogP contribution in [0.25, 0.3) is 34.0 Å². The predicted molar refractivity (Wildman–Crippen MR) is 93.0 cm³/mol. The van der Waals surface area contributed by atoms with Crippen molar-refractivity contribution in [2.45, 2.75) is 0 Å². The minimum absolute atomic E-state index is 0.257. The number of fused-ring (bicyclic) bond motifs is 2. The molecule has 0 fully saturated rings. The van der Waals surface area contributed by atoms with Gasteiger partial charge >= 0.3 is 0 Å². The fourth-order valence-electron chi connectivity index (χ4n) is 2.69. The first-order valence-corrected chi connectivity index (χ1v) is 7.39. The molecule has 4 aromatic rings. The maximum Gasteiger partial charge on any atom is 0.116 e. The summed E-state index contributed by atoms with van der Waals surface area (Å²) in [6.07, 6.45) is 5.90. The molecule has 0 saturated carbocycles. The summed E-state index contributed by atoms with van der Waals surface area (Å²) in [5, 5.41) is 15.8. The third kappa shape index (κ3) is 2.55. The zero-order valence-electron chi connectivity index (χ0n) is 12.6. The van der Waals surface area contributed by atoms with Gasteiger partial charge < -0.3 is 5.11 Å². The topological polar surface area (TPSA) is 50.9 Å². The van der Waals surface area contributed by atoms with Gasteiger partial charge in [0.25, 0.3) is 0 Å². The fraction of sp³-hybridized carbons (Fsp3) is 0.0526. The molecule has 23 heavy (non-hydrogen) atoms. The minimum Gasteiger partial charge on any atom is -0.508 e. The van der Waals surface area contributed by atoms with E-state index in [1.54, 1.807) is 12.1 Å². The highest BCUT2D eigenvalue weighted by Crippen LogP contribution is 2.20. The molecule has 0 radical (unpaired) electrons. The van der Waals surface area contributed by atoms with Gasteiger partial charge in [0.1, 0.15) is 5.75 Å². The lowest BCUT2D eigenvalue weighted by Crippen LogP contribution is -1.88. The number of phenolic OH excluding ortho intramolecular Hbond substituents is 1. The Kier molecular flexibility index (Phi) is 3.08. The van der Waals surface area contributed by atoms with Crippen LogP contribution in [0.2, 0.25) is 0 Å². The molecule has 0 aliphatic carbocycles. The number of hydrogen-bond donors (Lipinski definition) is 1. The van der Waals surface area contributed by atoms with Gasteiger partial charge in [-0.1, -0.05) is 18.2 Å². The molecule has 1 N–H and O–H groups in total. The normalized spacial score (nSPS) is 11.7. The standard InChI is InChI=1S/C19H15N3O/c1-22-19-9-3-13(10-15(19)12-20-22)2-5-16-6-4-14-11-17(23)7-8-18(14)21-16/h2-12,23H,1H3/b5-2+. The third-order valence-corrected chi connectivity index (χ3v) is 3.91. The second kappa shape index (κ2) is 5.25. The molecule has 0 amide bonds. The smallest absolute Gasteiger partial charge is 0.116 e. The van der Waals surface area contributed by atoms with E-state index in [0.29, 0.717) is 0 Å². The summed E-state index contributed by atoms with van der Waals surface area (Å²) in [5.74, 6) is 0.257. The highest BCUT2D eigenvalue weighted by atomic mass is 16.3. The van der Waals surface area contributed by atoms with Crippen molar-refractivity contribution in [2.75, 3.05) is 0 Å². The van der Waals surface area contributed by atoms with Crippen LogP contribution in [0, 0.1) is 0 Å². The van der Waals surface area contributed by atoms with Crippen molar-refractivity contribution in [1.29, 1.82) is 0 Å². The zero-order chi connectivity index (χ0) is 15.8. The quantitative estimate of drug-likeness (QED) is 0.609. The van der Waals surface area contributed by atoms with Crippen molar-refractivity contribution < 1.29 is 5.11 Å². The summed E-state index contributed by atoms with van der Waals surface area (Å²) in [4.78, 5) is 4.58. The van der Waals surface area contributed by atoms with Crippen LogP contribution in [0.15, 0.2) is 54.7 Å². The predicted octanol–water partition coefficient (Wildman–Crippen LogP) is 4.00. The molecule has 0 bridgehead atoms. The number of rotatable bonds is 2. The minimum atomic E-state index is 0.257. The Hall–Kier alpha value is -3.14. The van der Waals surface area contributed by atoms with E-state index in [-0.39, 0.29) is 5.75 Å². The molecule has 112 valence electrons. The van der Waals surface area contributed by atoms with Gasteiger partial charge in [-0.05, 0) is 48.0 Å². The van der Waals surface area contributed by atoms with E-state index >= 15 is 0 Å². The van der Waals surface area contributed by atoms with Crippen LogP contribution >= 0.6 is 0 Å². The van der Waals surface area contributed by atoms with Crippen molar-refractivity contribution in [3.8, 4) is 5.75 Å². The van der Waals surface area contributed by atoms with E-state index in [1.165, 1.54) is 0 Å². The van der Waals surface area contributed by atoms with Crippen LogP contribution in [-0.4, -0.2) is 19.9 Å². The first-order valence-electron chi connectivity index (χ1n) is 7.39. The van der Waals surface area contributed by atoms with Crippen LogP contribution < -0.4 is 0 Å². The Morgan fingerprint density at radius 2 is 1.87 bits per heavy atom. The van der Waals surface area contributed by atoms with Gasteiger partial charge in [-0.25, -0.2) is 4.98 Å². The summed E-state index contributed by atoms with van der Waals surface area (Å²) in [6, 6.07) is 15.3. The van der Waals surface area contributed by atoms with Gasteiger partial charge in [-0.15, -0.1) is 0 Å². The first kappa shape index (κ1) is 13.5. The second-order valence-corrected chi connectivity index (χ2v) is 5.53. The Balaban J connectivity index is 1.67. The van der Waals surface area contributed by atoms with Gasteiger partial charge in [0, 0.05) is 17.8 Å². The lowest BCUT2D eigenvalue weighted by molar-refractivity contribution is 0.476. The number of aromatic hydroxyl groups is 1. The van der Waals surface area contributed by atoms with E-state index in [2.05, 4.69) is 28.3 Å². The summed E-state index contributed by atoms with van der Waals surface area (Å²) >= 11 is 0. The monoisotopic (exact) mass is 301 g/mol. The number of phenols is 1. The van der Waals surface area contributed by atoms with Crippen molar-refractivity contribution in [2.24, 2.45) is 7.05 Å². The lowest BCUT2D eigenvalue weighted by atomic mass is 10.1. The van der Waals surface area contributed by atoms with Gasteiger partial charge in [0.2, 0.25) is 0 Å². The summed E-state index contributed by atoms with van der Waals surface area (Å²) in [5.41, 5.74) is 3.98. The number of aryl methyl sites for hydroxylation is 1. The van der Waals surface area contributed by atoms with E-state index in [4.69, 9.17) is 0 Å². The van der Waals surface area contributed by atoms with Gasteiger partial charge in [-0.3, -0.25) is 4.68 Å². The van der Waals surface area contributed by atoms with Crippen molar-refractivity contribution in [1.82, 2.24) is 14.8 Å². The summed E-state index contributed by atoms with van der Waals surface area (Å²) < 4.78 is 1.86. The molecular weight excluding hydrogens is 286 g/mol. The third-order valence-electron chi connectivity index (χ3n) is 3.91. The molecule has 0 unspecified atom stereocenters. The van der Waals surface area contributed by atoms with E-state index in [9.17, 15) is 5.11 Å². The molecule has 0 spiro atoms. The largest absolute Gasteiger partial charge is 0.508 e. The molecular formula is C19H15N3O. The molecule has 2 aromatic heterocycles. The highest BCUT2D eigenvalue weighted by Gasteiger charge is 2.00. The molecule has 0 saturated heterocycles. The zero-order valence-corrected chi connectivity index (χ0v) is 12.6. The second-order valence-electron chi connectivity index (χ2n) is 5.53. The van der Waals surface area contributed by atoms with Gasteiger partial charge in [0.05, 0.1) is 22.9 Å². The van der Waals surface area contributed by atoms with Crippen molar-refractivity contribution >= 4 is 34.0 Å². The average molecular weight is 301 g/mol. The molecule has 0 aliphatic rings. The Bertz CT molecular complexity index is 1050. The van der Waals surface area contributed by atoms with Crippen LogP contribution in [0.3, 0.4) is 0 Å². The highest BCUT2D eigenvalue weighted by molar-refractivity contribution is 5.84. The molecule has 0 aliphatic heterocycles. The van der Waals surface area contributed by atoms with Crippen LogP contribution in [0.5, 0.6) is 5.75 Å². The van der Waals surface area contributed by atoms with Crippen molar-refractivity contribution in [3.05, 3.63) is 66.0 Å². The van der Waals surface area contributed by atoms with Gasteiger partial charge in [0.15, 0.2) is 0 Å². The van der Waals surface area contributed by atoms with Crippen LogP contribution in [0.1, 0.15) is 11.3 Å².